The summed E-state index contributed by atoms with van der Waals surface area (Å²) in [5.41, 5.74) is 8.04. The van der Waals surface area contributed by atoms with E-state index < -0.39 is 0 Å². The van der Waals surface area contributed by atoms with Gasteiger partial charge in [-0.1, -0.05) is 11.6 Å². The molecule has 0 radical (unpaired) electrons. The van der Waals surface area contributed by atoms with Crippen molar-refractivity contribution in [1.29, 1.82) is 0 Å². The molecule has 2 rings (SSSR count). The van der Waals surface area contributed by atoms with Crippen LogP contribution in [-0.4, -0.2) is 25.0 Å². The molecule has 0 saturated carbocycles. The van der Waals surface area contributed by atoms with Crippen molar-refractivity contribution in [2.45, 2.75) is 19.3 Å². The number of piperidine rings is 1. The molecule has 88 valence electrons. The minimum atomic E-state index is 0.722. The first-order chi connectivity index (χ1) is 7.65. The van der Waals surface area contributed by atoms with Gasteiger partial charge in [-0.2, -0.15) is 0 Å². The quantitative estimate of drug-likeness (QED) is 0.803. The third-order valence-electron chi connectivity index (χ3n) is 3.34. The maximum atomic E-state index is 6.00. The molecule has 1 aromatic rings. The molecule has 1 aromatic carbocycles. The summed E-state index contributed by atoms with van der Waals surface area (Å²) in [5.74, 6) is 0.722. The Kier molecular flexibility index (Phi) is 3.72. The van der Waals surface area contributed by atoms with Crippen molar-refractivity contribution >= 4 is 17.3 Å². The SMILES string of the molecule is CN1CCCC(Cc2cc(Cl)ccc2N)C1. The lowest BCUT2D eigenvalue weighted by Crippen LogP contribution is -2.33. The molecule has 0 aromatic heterocycles. The second-order valence-electron chi connectivity index (χ2n) is 4.82. The number of rotatable bonds is 2. The van der Waals surface area contributed by atoms with Crippen LogP contribution in [-0.2, 0) is 6.42 Å². The molecule has 1 unspecified atom stereocenters. The average Bonchev–Trinajstić information content (AvgIpc) is 2.24. The monoisotopic (exact) mass is 238 g/mol. The first-order valence-electron chi connectivity index (χ1n) is 5.87. The summed E-state index contributed by atoms with van der Waals surface area (Å²) < 4.78 is 0. The topological polar surface area (TPSA) is 29.3 Å². The highest BCUT2D eigenvalue weighted by atomic mass is 35.5. The molecule has 1 aliphatic rings. The maximum Gasteiger partial charge on any atom is 0.0410 e. The van der Waals surface area contributed by atoms with E-state index in [2.05, 4.69) is 11.9 Å². The molecule has 16 heavy (non-hydrogen) atoms. The average molecular weight is 239 g/mol. The van der Waals surface area contributed by atoms with Crippen molar-refractivity contribution in [2.75, 3.05) is 25.9 Å². The normalized spacial score (nSPS) is 22.2. The highest BCUT2D eigenvalue weighted by Crippen LogP contribution is 2.25. The fraction of sp³-hybridized carbons (Fsp3) is 0.538. The molecule has 0 aliphatic carbocycles. The van der Waals surface area contributed by atoms with Gasteiger partial charge >= 0.3 is 0 Å². The molecule has 1 fully saturated rings. The van der Waals surface area contributed by atoms with E-state index in [0.29, 0.717) is 0 Å². The number of halogens is 1. The van der Waals surface area contributed by atoms with Crippen molar-refractivity contribution in [1.82, 2.24) is 4.90 Å². The molecule has 0 bridgehead atoms. The van der Waals surface area contributed by atoms with Crippen molar-refractivity contribution in [3.05, 3.63) is 28.8 Å². The first-order valence-corrected chi connectivity index (χ1v) is 6.25. The zero-order chi connectivity index (χ0) is 11.5. The van der Waals surface area contributed by atoms with E-state index in [1.807, 2.05) is 18.2 Å². The summed E-state index contributed by atoms with van der Waals surface area (Å²) >= 11 is 6.00. The van der Waals surface area contributed by atoms with Crippen LogP contribution in [0.15, 0.2) is 18.2 Å². The lowest BCUT2D eigenvalue weighted by atomic mass is 9.91. The van der Waals surface area contributed by atoms with Crippen molar-refractivity contribution in [3.8, 4) is 0 Å². The largest absolute Gasteiger partial charge is 0.399 e. The van der Waals surface area contributed by atoms with Crippen LogP contribution in [0.25, 0.3) is 0 Å². The predicted molar refractivity (Wildman–Crippen MR) is 69.8 cm³/mol. The molecule has 3 heteroatoms. The molecule has 1 atom stereocenters. The Labute approximate surface area is 102 Å². The van der Waals surface area contributed by atoms with E-state index in [9.17, 15) is 0 Å². The van der Waals surface area contributed by atoms with Gasteiger partial charge in [0.1, 0.15) is 0 Å². The minimum absolute atomic E-state index is 0.722. The van der Waals surface area contributed by atoms with Crippen LogP contribution >= 0.6 is 11.6 Å². The molecule has 2 N–H and O–H groups in total. The predicted octanol–water partition coefficient (Wildman–Crippen LogP) is 2.81. The number of nitrogens with zero attached hydrogens (tertiary/aromatic N) is 1. The Bertz CT molecular complexity index is 365. The number of anilines is 1. The van der Waals surface area contributed by atoms with Crippen LogP contribution in [0.5, 0.6) is 0 Å². The summed E-state index contributed by atoms with van der Waals surface area (Å²) in [5, 5.41) is 0.786. The highest BCUT2D eigenvalue weighted by molar-refractivity contribution is 6.30. The van der Waals surface area contributed by atoms with Crippen molar-refractivity contribution in [3.63, 3.8) is 0 Å². The van der Waals surface area contributed by atoms with E-state index in [4.69, 9.17) is 17.3 Å². The Balaban J connectivity index is 2.05. The number of nitrogen functional groups attached to an aromatic ring is 1. The molecule has 0 spiro atoms. The van der Waals surface area contributed by atoms with Gasteiger partial charge in [0.05, 0.1) is 0 Å². The summed E-state index contributed by atoms with van der Waals surface area (Å²) in [7, 11) is 2.19. The summed E-state index contributed by atoms with van der Waals surface area (Å²) in [6, 6.07) is 5.77. The zero-order valence-electron chi connectivity index (χ0n) is 9.75. The van der Waals surface area contributed by atoms with Crippen molar-refractivity contribution < 1.29 is 0 Å². The minimum Gasteiger partial charge on any atom is -0.399 e. The molecule has 1 heterocycles. The molecular weight excluding hydrogens is 220 g/mol. The van der Waals surface area contributed by atoms with Crippen LogP contribution in [0.1, 0.15) is 18.4 Å². The van der Waals surface area contributed by atoms with E-state index in [1.165, 1.54) is 31.5 Å². The van der Waals surface area contributed by atoms with Gasteiger partial charge in [0.15, 0.2) is 0 Å². The number of likely N-dealkylation sites (tertiary alicyclic amines) is 1. The third kappa shape index (κ3) is 2.89. The molecular formula is C13H19ClN2. The summed E-state index contributed by atoms with van der Waals surface area (Å²) in [6.45, 7) is 2.40. The van der Waals surface area contributed by atoms with E-state index in [0.717, 1.165) is 23.0 Å². The fourth-order valence-corrected chi connectivity index (χ4v) is 2.70. The van der Waals surface area contributed by atoms with Crippen LogP contribution < -0.4 is 5.73 Å². The third-order valence-corrected chi connectivity index (χ3v) is 3.57. The Hall–Kier alpha value is -0.730. The lowest BCUT2D eigenvalue weighted by Gasteiger charge is -2.30. The van der Waals surface area contributed by atoms with Gasteiger partial charge in [-0.25, -0.2) is 0 Å². The number of nitrogens with two attached hydrogens (primary N) is 1. The second-order valence-corrected chi connectivity index (χ2v) is 5.25. The molecule has 1 saturated heterocycles. The van der Waals surface area contributed by atoms with Gasteiger partial charge in [-0.05, 0) is 62.5 Å². The fourth-order valence-electron chi connectivity index (χ4n) is 2.50. The summed E-state index contributed by atoms with van der Waals surface area (Å²) in [4.78, 5) is 2.40. The molecule has 0 amide bonds. The van der Waals surface area contributed by atoms with Crippen LogP contribution in [0.4, 0.5) is 5.69 Å². The standard InChI is InChI=1S/C13H19ClN2/c1-16-6-2-3-10(9-16)7-11-8-12(14)4-5-13(11)15/h4-5,8,10H,2-3,6-7,9,15H2,1H3. The van der Waals surface area contributed by atoms with Crippen LogP contribution in [0.2, 0.25) is 5.02 Å². The van der Waals surface area contributed by atoms with Gasteiger partial charge in [0, 0.05) is 17.3 Å². The lowest BCUT2D eigenvalue weighted by molar-refractivity contribution is 0.209. The number of benzene rings is 1. The summed E-state index contributed by atoms with van der Waals surface area (Å²) in [6.07, 6.45) is 3.65. The van der Waals surface area contributed by atoms with Crippen molar-refractivity contribution in [2.24, 2.45) is 5.92 Å². The van der Waals surface area contributed by atoms with Gasteiger partial charge in [0.25, 0.3) is 0 Å². The highest BCUT2D eigenvalue weighted by Gasteiger charge is 2.18. The smallest absolute Gasteiger partial charge is 0.0410 e. The van der Waals surface area contributed by atoms with E-state index in [1.54, 1.807) is 0 Å². The zero-order valence-corrected chi connectivity index (χ0v) is 10.5. The van der Waals surface area contributed by atoms with Crippen LogP contribution in [0.3, 0.4) is 0 Å². The van der Waals surface area contributed by atoms with Gasteiger partial charge in [-0.15, -0.1) is 0 Å². The van der Waals surface area contributed by atoms with Gasteiger partial charge in [0.2, 0.25) is 0 Å². The van der Waals surface area contributed by atoms with E-state index >= 15 is 0 Å². The Morgan fingerprint density at radius 2 is 2.31 bits per heavy atom. The molecule has 2 nitrogen and oxygen atoms in total. The van der Waals surface area contributed by atoms with Crippen LogP contribution in [0, 0.1) is 5.92 Å². The molecule has 1 aliphatic heterocycles. The maximum absolute atomic E-state index is 6.00. The second kappa shape index (κ2) is 5.07. The first kappa shape index (κ1) is 11.7. The van der Waals surface area contributed by atoms with Gasteiger partial charge < -0.3 is 10.6 Å². The number of hydrogen-bond acceptors (Lipinski definition) is 2. The Morgan fingerprint density at radius 3 is 3.06 bits per heavy atom. The number of hydrogen-bond donors (Lipinski definition) is 1. The van der Waals surface area contributed by atoms with Gasteiger partial charge in [-0.3, -0.25) is 0 Å². The Morgan fingerprint density at radius 1 is 1.50 bits per heavy atom. The van der Waals surface area contributed by atoms with E-state index in [-0.39, 0.29) is 0 Å².